The third-order valence-electron chi connectivity index (χ3n) is 3.20. The number of carbonyl (C=O) groups excluding carboxylic acids is 1. The Bertz CT molecular complexity index is 716. The van der Waals surface area contributed by atoms with Gasteiger partial charge >= 0.3 is 0 Å². The molecule has 0 saturated carbocycles. The molecule has 4 nitrogen and oxygen atoms in total. The van der Waals surface area contributed by atoms with Gasteiger partial charge in [-0.1, -0.05) is 11.8 Å². The lowest BCUT2D eigenvalue weighted by Crippen LogP contribution is -2.23. The van der Waals surface area contributed by atoms with Crippen LogP contribution in [0.1, 0.15) is 37.9 Å². The van der Waals surface area contributed by atoms with Crippen molar-refractivity contribution in [1.29, 1.82) is 0 Å². The molecule has 0 unspecified atom stereocenters. The highest BCUT2D eigenvalue weighted by molar-refractivity contribution is 7.10. The number of furan rings is 1. The lowest BCUT2D eigenvalue weighted by Gasteiger charge is -2.03. The predicted molar refractivity (Wildman–Crippen MR) is 84.3 cm³/mol. The van der Waals surface area contributed by atoms with E-state index in [1.807, 2.05) is 25.3 Å². The van der Waals surface area contributed by atoms with Gasteiger partial charge in [-0.2, -0.15) is 0 Å². The number of nitrogens with two attached hydrogens (primary N) is 1. The molecule has 0 aliphatic rings. The molecule has 0 aliphatic carbocycles. The van der Waals surface area contributed by atoms with Crippen molar-refractivity contribution in [1.82, 2.24) is 5.32 Å². The maximum Gasteiger partial charge on any atom is 0.255 e. The number of rotatable bonds is 3. The zero-order chi connectivity index (χ0) is 15.4. The van der Waals surface area contributed by atoms with E-state index in [1.54, 1.807) is 18.3 Å². The third kappa shape index (κ3) is 3.54. The molecule has 2 rings (SSSR count). The SMILES string of the molecule is Cc1oc(C)c(C(=O)NCc2cc(C#CCN)cs2)c1C. The summed E-state index contributed by atoms with van der Waals surface area (Å²) in [5, 5.41) is 4.88. The second kappa shape index (κ2) is 6.61. The Morgan fingerprint density at radius 1 is 1.38 bits per heavy atom. The maximum atomic E-state index is 12.2. The molecule has 2 aromatic rings. The van der Waals surface area contributed by atoms with Gasteiger partial charge in [-0.05, 0) is 26.8 Å². The van der Waals surface area contributed by atoms with Crippen LogP contribution >= 0.6 is 11.3 Å². The van der Waals surface area contributed by atoms with Crippen LogP contribution in [0.15, 0.2) is 15.9 Å². The van der Waals surface area contributed by atoms with Crippen LogP contribution in [-0.4, -0.2) is 12.5 Å². The van der Waals surface area contributed by atoms with E-state index in [-0.39, 0.29) is 5.91 Å². The van der Waals surface area contributed by atoms with Crippen molar-refractivity contribution in [2.24, 2.45) is 5.73 Å². The predicted octanol–water partition coefficient (Wildman–Crippen LogP) is 2.51. The summed E-state index contributed by atoms with van der Waals surface area (Å²) in [7, 11) is 0. The first kappa shape index (κ1) is 15.4. The summed E-state index contributed by atoms with van der Waals surface area (Å²) < 4.78 is 5.48. The Hall–Kier alpha value is -2.03. The number of thiophene rings is 1. The minimum Gasteiger partial charge on any atom is -0.466 e. The first-order valence-electron chi connectivity index (χ1n) is 6.64. The molecular formula is C16H18N2O2S. The molecule has 110 valence electrons. The molecular weight excluding hydrogens is 284 g/mol. The summed E-state index contributed by atoms with van der Waals surface area (Å²) >= 11 is 1.57. The van der Waals surface area contributed by atoms with Crippen molar-refractivity contribution < 1.29 is 9.21 Å². The first-order valence-corrected chi connectivity index (χ1v) is 7.52. The van der Waals surface area contributed by atoms with Crippen molar-refractivity contribution in [2.75, 3.05) is 6.54 Å². The van der Waals surface area contributed by atoms with Crippen LogP contribution in [0.2, 0.25) is 0 Å². The highest BCUT2D eigenvalue weighted by Crippen LogP contribution is 2.21. The van der Waals surface area contributed by atoms with Gasteiger partial charge in [0, 0.05) is 21.4 Å². The number of aryl methyl sites for hydroxylation is 2. The molecule has 5 heteroatoms. The standard InChI is InChI=1S/C16H18N2O2S/c1-10-11(2)20-12(3)15(10)16(19)18-8-14-7-13(9-21-14)5-4-6-17/h7,9H,6,8,17H2,1-3H3,(H,18,19). The van der Waals surface area contributed by atoms with E-state index >= 15 is 0 Å². The Labute approximate surface area is 128 Å². The van der Waals surface area contributed by atoms with Gasteiger partial charge in [-0.15, -0.1) is 11.3 Å². The zero-order valence-corrected chi connectivity index (χ0v) is 13.2. The van der Waals surface area contributed by atoms with Gasteiger partial charge in [0.2, 0.25) is 0 Å². The fraction of sp³-hybridized carbons (Fsp3) is 0.312. The Morgan fingerprint density at radius 2 is 2.14 bits per heavy atom. The molecule has 2 aromatic heterocycles. The Morgan fingerprint density at radius 3 is 2.76 bits per heavy atom. The normalized spacial score (nSPS) is 10.1. The van der Waals surface area contributed by atoms with E-state index in [2.05, 4.69) is 17.2 Å². The van der Waals surface area contributed by atoms with Crippen molar-refractivity contribution in [2.45, 2.75) is 27.3 Å². The molecule has 0 aromatic carbocycles. The monoisotopic (exact) mass is 302 g/mol. The van der Waals surface area contributed by atoms with Crippen LogP contribution in [0.4, 0.5) is 0 Å². The summed E-state index contributed by atoms with van der Waals surface area (Å²) in [6, 6.07) is 1.97. The smallest absolute Gasteiger partial charge is 0.255 e. The second-order valence-corrected chi connectivity index (χ2v) is 5.70. The molecule has 0 aliphatic heterocycles. The number of amides is 1. The molecule has 1 amide bonds. The van der Waals surface area contributed by atoms with E-state index in [9.17, 15) is 4.79 Å². The highest BCUT2D eigenvalue weighted by atomic mass is 32.1. The largest absolute Gasteiger partial charge is 0.466 e. The number of carbonyl (C=O) groups is 1. The maximum absolute atomic E-state index is 12.2. The van der Waals surface area contributed by atoms with Crippen molar-refractivity contribution in [3.05, 3.63) is 44.5 Å². The molecule has 2 heterocycles. The van der Waals surface area contributed by atoms with Gasteiger partial charge in [-0.25, -0.2) is 0 Å². The first-order chi connectivity index (χ1) is 10.0. The second-order valence-electron chi connectivity index (χ2n) is 4.70. The van der Waals surface area contributed by atoms with Gasteiger partial charge in [0.05, 0.1) is 18.7 Å². The molecule has 0 bridgehead atoms. The van der Waals surface area contributed by atoms with Crippen LogP contribution in [0.25, 0.3) is 0 Å². The van der Waals surface area contributed by atoms with Gasteiger partial charge in [-0.3, -0.25) is 4.79 Å². The van der Waals surface area contributed by atoms with Crippen molar-refractivity contribution in [3.8, 4) is 11.8 Å². The van der Waals surface area contributed by atoms with Gasteiger partial charge in [0.1, 0.15) is 11.5 Å². The zero-order valence-electron chi connectivity index (χ0n) is 12.4. The quantitative estimate of drug-likeness (QED) is 0.856. The van der Waals surface area contributed by atoms with E-state index in [0.717, 1.165) is 21.8 Å². The van der Waals surface area contributed by atoms with Crippen LogP contribution in [0.5, 0.6) is 0 Å². The summed E-state index contributed by atoms with van der Waals surface area (Å²) in [4.78, 5) is 13.3. The lowest BCUT2D eigenvalue weighted by atomic mass is 10.1. The fourth-order valence-electron chi connectivity index (χ4n) is 2.08. The van der Waals surface area contributed by atoms with E-state index in [4.69, 9.17) is 10.2 Å². The highest BCUT2D eigenvalue weighted by Gasteiger charge is 2.18. The third-order valence-corrected chi connectivity index (χ3v) is 4.14. The lowest BCUT2D eigenvalue weighted by molar-refractivity contribution is 0.0949. The minimum absolute atomic E-state index is 0.107. The minimum atomic E-state index is -0.107. The summed E-state index contributed by atoms with van der Waals surface area (Å²) in [6.07, 6.45) is 0. The number of hydrogen-bond donors (Lipinski definition) is 2. The van der Waals surface area contributed by atoms with Crippen LogP contribution in [0, 0.1) is 32.6 Å². The van der Waals surface area contributed by atoms with Gasteiger partial charge in [0.15, 0.2) is 0 Å². The molecule has 0 spiro atoms. The topological polar surface area (TPSA) is 68.3 Å². The van der Waals surface area contributed by atoms with Gasteiger partial charge in [0.25, 0.3) is 5.91 Å². The van der Waals surface area contributed by atoms with Crippen LogP contribution in [-0.2, 0) is 6.54 Å². The summed E-state index contributed by atoms with van der Waals surface area (Å²) in [5.41, 5.74) is 7.80. The molecule has 0 atom stereocenters. The van der Waals surface area contributed by atoms with E-state index in [1.165, 1.54) is 0 Å². The van der Waals surface area contributed by atoms with E-state index in [0.29, 0.717) is 24.4 Å². The molecule has 3 N–H and O–H groups in total. The molecule has 0 saturated heterocycles. The van der Waals surface area contributed by atoms with Crippen molar-refractivity contribution >= 4 is 17.2 Å². The Balaban J connectivity index is 2.02. The Kier molecular flexibility index (Phi) is 4.84. The number of nitrogens with one attached hydrogen (secondary N) is 1. The summed E-state index contributed by atoms with van der Waals surface area (Å²) in [5.74, 6) is 7.12. The van der Waals surface area contributed by atoms with Crippen LogP contribution in [0.3, 0.4) is 0 Å². The fourth-order valence-corrected chi connectivity index (χ4v) is 2.83. The van der Waals surface area contributed by atoms with Gasteiger partial charge < -0.3 is 15.5 Å². The summed E-state index contributed by atoms with van der Waals surface area (Å²) in [6.45, 7) is 6.39. The average Bonchev–Trinajstić information content (AvgIpc) is 2.99. The number of hydrogen-bond acceptors (Lipinski definition) is 4. The molecule has 0 radical (unpaired) electrons. The molecule has 21 heavy (non-hydrogen) atoms. The van der Waals surface area contributed by atoms with E-state index < -0.39 is 0 Å². The van der Waals surface area contributed by atoms with Crippen LogP contribution < -0.4 is 11.1 Å². The molecule has 0 fully saturated rings. The average molecular weight is 302 g/mol. The van der Waals surface area contributed by atoms with Crippen molar-refractivity contribution in [3.63, 3.8) is 0 Å².